The fraction of sp³-hybridized carbons (Fsp3) is 0.500. The molecule has 0 atom stereocenters. The topological polar surface area (TPSA) is 55.0 Å². The van der Waals surface area contributed by atoms with Gasteiger partial charge in [0.1, 0.15) is 6.33 Å². The highest BCUT2D eigenvalue weighted by Gasteiger charge is 2.10. The van der Waals surface area contributed by atoms with Crippen LogP contribution in [0.4, 0.5) is 10.2 Å². The van der Waals surface area contributed by atoms with Crippen molar-refractivity contribution in [2.45, 2.75) is 6.92 Å². The standard InChI is InChI=1S/C8H13FN4/c1-6-7(9)8(12-5-11-6)13(2)4-3-10/h5H,3-4,10H2,1-2H3. The second kappa shape index (κ2) is 4.13. The molecule has 4 nitrogen and oxygen atoms in total. The number of likely N-dealkylation sites (N-methyl/N-ethyl adjacent to an activating group) is 1. The summed E-state index contributed by atoms with van der Waals surface area (Å²) < 4.78 is 13.4. The molecule has 0 saturated heterocycles. The van der Waals surface area contributed by atoms with Crippen molar-refractivity contribution < 1.29 is 4.39 Å². The van der Waals surface area contributed by atoms with Crippen LogP contribution in [0, 0.1) is 12.7 Å². The van der Waals surface area contributed by atoms with Gasteiger partial charge >= 0.3 is 0 Å². The van der Waals surface area contributed by atoms with E-state index < -0.39 is 0 Å². The first-order chi connectivity index (χ1) is 6.16. The summed E-state index contributed by atoms with van der Waals surface area (Å²) in [5.41, 5.74) is 5.70. The van der Waals surface area contributed by atoms with Crippen LogP contribution in [0.15, 0.2) is 6.33 Å². The van der Waals surface area contributed by atoms with Crippen LogP contribution < -0.4 is 10.6 Å². The molecule has 1 aromatic heterocycles. The van der Waals surface area contributed by atoms with Crippen molar-refractivity contribution in [2.24, 2.45) is 5.73 Å². The molecule has 13 heavy (non-hydrogen) atoms. The fourth-order valence-corrected chi connectivity index (χ4v) is 1.01. The van der Waals surface area contributed by atoms with E-state index in [1.54, 1.807) is 18.9 Å². The molecule has 0 radical (unpaired) electrons. The van der Waals surface area contributed by atoms with E-state index in [1.165, 1.54) is 6.33 Å². The number of hydrogen-bond donors (Lipinski definition) is 1. The van der Waals surface area contributed by atoms with Gasteiger partial charge in [-0.05, 0) is 6.92 Å². The summed E-state index contributed by atoms with van der Waals surface area (Å²) >= 11 is 0. The van der Waals surface area contributed by atoms with Gasteiger partial charge in [0.05, 0.1) is 5.69 Å². The van der Waals surface area contributed by atoms with Gasteiger partial charge in [0, 0.05) is 20.1 Å². The Kier molecular flexibility index (Phi) is 3.13. The first-order valence-corrected chi connectivity index (χ1v) is 4.05. The number of halogens is 1. The number of aromatic nitrogens is 2. The molecular weight excluding hydrogens is 171 g/mol. The summed E-state index contributed by atoms with van der Waals surface area (Å²) in [6.45, 7) is 2.66. The Morgan fingerprint density at radius 3 is 2.85 bits per heavy atom. The zero-order valence-corrected chi connectivity index (χ0v) is 7.79. The Hall–Kier alpha value is -1.23. The molecule has 0 saturated carbocycles. The average molecular weight is 184 g/mol. The van der Waals surface area contributed by atoms with Crippen LogP contribution in [0.2, 0.25) is 0 Å². The zero-order valence-electron chi connectivity index (χ0n) is 7.79. The SMILES string of the molecule is Cc1ncnc(N(C)CCN)c1F. The van der Waals surface area contributed by atoms with Crippen molar-refractivity contribution in [1.29, 1.82) is 0 Å². The molecule has 2 N–H and O–H groups in total. The van der Waals surface area contributed by atoms with Crippen molar-refractivity contribution in [3.63, 3.8) is 0 Å². The maximum absolute atomic E-state index is 13.4. The highest BCUT2D eigenvalue weighted by atomic mass is 19.1. The van der Waals surface area contributed by atoms with Gasteiger partial charge in [0.25, 0.3) is 0 Å². The Morgan fingerprint density at radius 2 is 2.23 bits per heavy atom. The minimum atomic E-state index is -0.376. The molecule has 5 heteroatoms. The largest absolute Gasteiger partial charge is 0.356 e. The van der Waals surface area contributed by atoms with E-state index in [0.29, 0.717) is 24.6 Å². The molecule has 0 bridgehead atoms. The molecule has 0 fully saturated rings. The van der Waals surface area contributed by atoms with E-state index in [1.807, 2.05) is 0 Å². The summed E-state index contributed by atoms with van der Waals surface area (Å²) in [5, 5.41) is 0. The lowest BCUT2D eigenvalue weighted by atomic mass is 10.4. The summed E-state index contributed by atoms with van der Waals surface area (Å²) in [7, 11) is 1.75. The highest BCUT2D eigenvalue weighted by Crippen LogP contribution is 2.14. The minimum absolute atomic E-state index is 0.304. The van der Waals surface area contributed by atoms with Crippen LogP contribution in [0.25, 0.3) is 0 Å². The predicted molar refractivity (Wildman–Crippen MR) is 49.1 cm³/mol. The van der Waals surface area contributed by atoms with Crippen LogP contribution in [0.3, 0.4) is 0 Å². The van der Waals surface area contributed by atoms with Gasteiger partial charge in [-0.3, -0.25) is 0 Å². The quantitative estimate of drug-likeness (QED) is 0.735. The molecule has 0 aliphatic rings. The van der Waals surface area contributed by atoms with Crippen LogP contribution in [0.1, 0.15) is 5.69 Å². The lowest BCUT2D eigenvalue weighted by Gasteiger charge is -2.17. The first-order valence-electron chi connectivity index (χ1n) is 4.05. The van der Waals surface area contributed by atoms with E-state index >= 15 is 0 Å². The van der Waals surface area contributed by atoms with Crippen LogP contribution in [0.5, 0.6) is 0 Å². The molecule has 1 rings (SSSR count). The number of aryl methyl sites for hydroxylation is 1. The van der Waals surface area contributed by atoms with E-state index in [0.717, 1.165) is 0 Å². The van der Waals surface area contributed by atoms with Crippen LogP contribution in [-0.2, 0) is 0 Å². The monoisotopic (exact) mass is 184 g/mol. The Morgan fingerprint density at radius 1 is 1.54 bits per heavy atom. The minimum Gasteiger partial charge on any atom is -0.356 e. The smallest absolute Gasteiger partial charge is 0.186 e. The third-order valence-corrected chi connectivity index (χ3v) is 1.77. The molecule has 0 aliphatic carbocycles. The van der Waals surface area contributed by atoms with Gasteiger partial charge in [-0.2, -0.15) is 0 Å². The maximum Gasteiger partial charge on any atom is 0.186 e. The summed E-state index contributed by atoms with van der Waals surface area (Å²) in [5.74, 6) is -0.0728. The highest BCUT2D eigenvalue weighted by molar-refractivity contribution is 5.39. The molecule has 0 amide bonds. The Labute approximate surface area is 76.6 Å². The fourth-order valence-electron chi connectivity index (χ4n) is 1.01. The number of nitrogens with zero attached hydrogens (tertiary/aromatic N) is 3. The van der Waals surface area contributed by atoms with Crippen molar-refractivity contribution in [2.75, 3.05) is 25.0 Å². The number of anilines is 1. The molecule has 1 heterocycles. The molecule has 72 valence electrons. The molecule has 0 unspecified atom stereocenters. The normalized spacial score (nSPS) is 10.2. The predicted octanol–water partition coefficient (Wildman–Crippen LogP) is 0.319. The van der Waals surface area contributed by atoms with Gasteiger partial charge in [-0.1, -0.05) is 0 Å². The number of rotatable bonds is 3. The van der Waals surface area contributed by atoms with E-state index in [-0.39, 0.29) is 5.82 Å². The van der Waals surface area contributed by atoms with Gasteiger partial charge in [-0.25, -0.2) is 14.4 Å². The van der Waals surface area contributed by atoms with E-state index in [4.69, 9.17) is 5.73 Å². The van der Waals surface area contributed by atoms with Gasteiger partial charge in [0.2, 0.25) is 0 Å². The number of nitrogens with two attached hydrogens (primary N) is 1. The third kappa shape index (κ3) is 2.12. The summed E-state index contributed by atoms with van der Waals surface area (Å²) in [6, 6.07) is 0. The molecule has 0 spiro atoms. The van der Waals surface area contributed by atoms with E-state index in [9.17, 15) is 4.39 Å². The average Bonchev–Trinajstić information content (AvgIpc) is 2.10. The molecule has 0 aromatic carbocycles. The molecule has 0 aliphatic heterocycles. The van der Waals surface area contributed by atoms with Crippen LogP contribution >= 0.6 is 0 Å². The maximum atomic E-state index is 13.4. The zero-order chi connectivity index (χ0) is 9.84. The summed E-state index contributed by atoms with van der Waals surface area (Å²) in [6.07, 6.45) is 1.35. The third-order valence-electron chi connectivity index (χ3n) is 1.77. The first kappa shape index (κ1) is 9.85. The summed E-state index contributed by atoms with van der Waals surface area (Å²) in [4.78, 5) is 9.25. The van der Waals surface area contributed by atoms with Crippen molar-refractivity contribution in [1.82, 2.24) is 9.97 Å². The van der Waals surface area contributed by atoms with Gasteiger partial charge < -0.3 is 10.6 Å². The molecular formula is C8H13FN4. The Balaban J connectivity index is 2.93. The van der Waals surface area contributed by atoms with Crippen molar-refractivity contribution in [3.8, 4) is 0 Å². The van der Waals surface area contributed by atoms with Gasteiger partial charge in [0.15, 0.2) is 11.6 Å². The van der Waals surface area contributed by atoms with E-state index in [2.05, 4.69) is 9.97 Å². The lowest BCUT2D eigenvalue weighted by Crippen LogP contribution is -2.27. The van der Waals surface area contributed by atoms with Crippen molar-refractivity contribution in [3.05, 3.63) is 17.8 Å². The second-order valence-electron chi connectivity index (χ2n) is 2.81. The second-order valence-corrected chi connectivity index (χ2v) is 2.81. The van der Waals surface area contributed by atoms with Crippen LogP contribution in [-0.4, -0.2) is 30.1 Å². The molecule has 1 aromatic rings. The van der Waals surface area contributed by atoms with Crippen molar-refractivity contribution >= 4 is 5.82 Å². The lowest BCUT2D eigenvalue weighted by molar-refractivity contribution is 0.596. The Bertz CT molecular complexity index is 289. The van der Waals surface area contributed by atoms with Gasteiger partial charge in [-0.15, -0.1) is 0 Å². The number of hydrogen-bond acceptors (Lipinski definition) is 4.